The molecule has 24 heavy (non-hydrogen) atoms. The molecule has 2 rings (SSSR count). The predicted molar refractivity (Wildman–Crippen MR) is 98.5 cm³/mol. The smallest absolute Gasteiger partial charge is 0.254 e. The van der Waals surface area contributed by atoms with Gasteiger partial charge in [-0.05, 0) is 59.3 Å². The first-order valence-corrected chi connectivity index (χ1v) is 10.4. The molecule has 0 aliphatic carbocycles. The zero-order valence-electron chi connectivity index (χ0n) is 14.6. The highest BCUT2D eigenvalue weighted by Gasteiger charge is 2.30. The van der Waals surface area contributed by atoms with Gasteiger partial charge in [0.25, 0.3) is 5.91 Å². The van der Waals surface area contributed by atoms with E-state index in [4.69, 9.17) is 0 Å². The summed E-state index contributed by atoms with van der Waals surface area (Å²) in [7, 11) is -0.645. The zero-order chi connectivity index (χ0) is 18.1. The van der Waals surface area contributed by atoms with E-state index in [1.54, 1.807) is 12.1 Å². The number of carbonyl (C=O) groups is 1. The number of halogens is 1. The van der Waals surface area contributed by atoms with Crippen molar-refractivity contribution in [3.8, 4) is 0 Å². The molecule has 1 heterocycles. The minimum absolute atomic E-state index is 0.0869. The Hall–Kier alpha value is -0.920. The van der Waals surface area contributed by atoms with Crippen molar-refractivity contribution in [1.29, 1.82) is 0 Å². The lowest BCUT2D eigenvalue weighted by Gasteiger charge is -2.38. The third kappa shape index (κ3) is 3.83. The lowest BCUT2D eigenvalue weighted by atomic mass is 9.92. The first kappa shape index (κ1) is 19.4. The molecule has 1 saturated heterocycles. The average molecular weight is 417 g/mol. The number of nitrogens with zero attached hydrogens (tertiary/aromatic N) is 2. The van der Waals surface area contributed by atoms with Crippen molar-refractivity contribution in [3.05, 3.63) is 28.2 Å². The van der Waals surface area contributed by atoms with Crippen LogP contribution < -0.4 is 0 Å². The first-order chi connectivity index (χ1) is 11.2. The summed E-state index contributed by atoms with van der Waals surface area (Å²) >= 11 is 3.28. The number of rotatable bonds is 4. The van der Waals surface area contributed by atoms with Gasteiger partial charge in [0.1, 0.15) is 0 Å². The fraction of sp³-hybridized carbons (Fsp3) is 0.588. The molecular weight excluding hydrogens is 392 g/mol. The number of sulfonamides is 1. The number of carbonyl (C=O) groups excluding carboxylic acids is 1. The minimum atomic E-state index is -3.61. The van der Waals surface area contributed by atoms with Crippen LogP contribution in [0, 0.1) is 5.92 Å². The van der Waals surface area contributed by atoms with Crippen LogP contribution in [0.5, 0.6) is 0 Å². The summed E-state index contributed by atoms with van der Waals surface area (Å²) in [4.78, 5) is 15.0. The molecule has 0 radical (unpaired) electrons. The highest BCUT2D eigenvalue weighted by atomic mass is 79.9. The van der Waals surface area contributed by atoms with Crippen molar-refractivity contribution in [3.63, 3.8) is 0 Å². The van der Waals surface area contributed by atoms with Gasteiger partial charge in [0.2, 0.25) is 10.0 Å². The van der Waals surface area contributed by atoms with Crippen LogP contribution in [0.4, 0.5) is 0 Å². The third-order valence-electron chi connectivity index (χ3n) is 4.52. The SMILES string of the molecule is CC(C)C1CCCCN1C(=O)c1ccc(Br)c(S(=O)(=O)N(C)C)c1. The first-order valence-electron chi connectivity index (χ1n) is 8.19. The summed E-state index contributed by atoms with van der Waals surface area (Å²) in [5.41, 5.74) is 0.422. The van der Waals surface area contributed by atoms with Crippen LogP contribution in [0.15, 0.2) is 27.6 Å². The van der Waals surface area contributed by atoms with Crippen LogP contribution >= 0.6 is 15.9 Å². The Balaban J connectivity index is 2.40. The average Bonchev–Trinajstić information content (AvgIpc) is 2.54. The fourth-order valence-electron chi connectivity index (χ4n) is 3.10. The van der Waals surface area contributed by atoms with Crippen LogP contribution in [0.25, 0.3) is 0 Å². The van der Waals surface area contributed by atoms with Gasteiger partial charge < -0.3 is 4.90 Å². The Morgan fingerprint density at radius 3 is 2.54 bits per heavy atom. The van der Waals surface area contributed by atoms with Crippen LogP contribution in [-0.4, -0.2) is 50.2 Å². The van der Waals surface area contributed by atoms with Crippen LogP contribution in [-0.2, 0) is 10.0 Å². The molecule has 1 aromatic rings. The maximum absolute atomic E-state index is 13.0. The lowest BCUT2D eigenvalue weighted by Crippen LogP contribution is -2.46. The molecule has 1 aromatic carbocycles. The summed E-state index contributed by atoms with van der Waals surface area (Å²) in [6, 6.07) is 5.02. The summed E-state index contributed by atoms with van der Waals surface area (Å²) in [6.45, 7) is 4.98. The number of piperidine rings is 1. The lowest BCUT2D eigenvalue weighted by molar-refractivity contribution is 0.0543. The van der Waals surface area contributed by atoms with Crippen molar-refractivity contribution in [1.82, 2.24) is 9.21 Å². The molecule has 1 aliphatic heterocycles. The van der Waals surface area contributed by atoms with Gasteiger partial charge in [0.05, 0.1) is 4.90 Å². The van der Waals surface area contributed by atoms with Crippen LogP contribution in [0.1, 0.15) is 43.5 Å². The van der Waals surface area contributed by atoms with Crippen molar-refractivity contribution in [2.75, 3.05) is 20.6 Å². The number of hydrogen-bond acceptors (Lipinski definition) is 3. The topological polar surface area (TPSA) is 57.7 Å². The Bertz CT molecular complexity index is 717. The Labute approximate surface area is 153 Å². The van der Waals surface area contributed by atoms with E-state index in [0.717, 1.165) is 30.1 Å². The molecular formula is C17H25BrN2O3S. The van der Waals surface area contributed by atoms with Gasteiger partial charge in [-0.3, -0.25) is 4.79 Å². The van der Waals surface area contributed by atoms with E-state index in [1.165, 1.54) is 20.2 Å². The van der Waals surface area contributed by atoms with E-state index in [1.807, 2.05) is 4.90 Å². The number of likely N-dealkylation sites (tertiary alicyclic amines) is 1. The monoisotopic (exact) mass is 416 g/mol. The van der Waals surface area contributed by atoms with Gasteiger partial charge in [-0.25, -0.2) is 12.7 Å². The molecule has 1 aliphatic rings. The van der Waals surface area contributed by atoms with Gasteiger partial charge in [-0.1, -0.05) is 13.8 Å². The van der Waals surface area contributed by atoms with Gasteiger partial charge in [0, 0.05) is 36.7 Å². The quantitative estimate of drug-likeness (QED) is 0.755. The number of hydrogen-bond donors (Lipinski definition) is 0. The van der Waals surface area contributed by atoms with Crippen molar-refractivity contribution < 1.29 is 13.2 Å². The summed E-state index contributed by atoms with van der Waals surface area (Å²) < 4.78 is 26.5. The van der Waals surface area contributed by atoms with Gasteiger partial charge >= 0.3 is 0 Å². The van der Waals surface area contributed by atoms with E-state index >= 15 is 0 Å². The highest BCUT2D eigenvalue weighted by molar-refractivity contribution is 9.10. The largest absolute Gasteiger partial charge is 0.335 e. The van der Waals surface area contributed by atoms with E-state index in [-0.39, 0.29) is 16.8 Å². The van der Waals surface area contributed by atoms with E-state index < -0.39 is 10.0 Å². The van der Waals surface area contributed by atoms with E-state index in [0.29, 0.717) is 16.0 Å². The Morgan fingerprint density at radius 2 is 1.96 bits per heavy atom. The Morgan fingerprint density at radius 1 is 1.29 bits per heavy atom. The van der Waals surface area contributed by atoms with Crippen LogP contribution in [0.3, 0.4) is 0 Å². The zero-order valence-corrected chi connectivity index (χ0v) is 17.0. The maximum atomic E-state index is 13.0. The molecule has 0 aromatic heterocycles. The highest BCUT2D eigenvalue weighted by Crippen LogP contribution is 2.28. The van der Waals surface area contributed by atoms with Crippen molar-refractivity contribution >= 4 is 31.9 Å². The second kappa shape index (κ2) is 7.54. The number of amides is 1. The van der Waals surface area contributed by atoms with Gasteiger partial charge in [0.15, 0.2) is 0 Å². The summed E-state index contributed by atoms with van der Waals surface area (Å²) in [5.74, 6) is 0.297. The molecule has 0 saturated carbocycles. The van der Waals surface area contributed by atoms with E-state index in [9.17, 15) is 13.2 Å². The van der Waals surface area contributed by atoms with Crippen molar-refractivity contribution in [2.45, 2.75) is 44.0 Å². The van der Waals surface area contributed by atoms with Gasteiger partial charge in [-0.2, -0.15) is 0 Å². The van der Waals surface area contributed by atoms with Crippen molar-refractivity contribution in [2.24, 2.45) is 5.92 Å². The molecule has 1 unspecified atom stereocenters. The van der Waals surface area contributed by atoms with Crippen LogP contribution in [0.2, 0.25) is 0 Å². The Kier molecular flexibility index (Phi) is 6.09. The predicted octanol–water partition coefficient (Wildman–Crippen LogP) is 3.35. The minimum Gasteiger partial charge on any atom is -0.335 e. The molecule has 0 N–H and O–H groups in total. The summed E-state index contributed by atoms with van der Waals surface area (Å²) in [5, 5.41) is 0. The maximum Gasteiger partial charge on any atom is 0.254 e. The second-order valence-corrected chi connectivity index (χ2v) is 9.71. The fourth-order valence-corrected chi connectivity index (χ4v) is 4.94. The van der Waals surface area contributed by atoms with E-state index in [2.05, 4.69) is 29.8 Å². The molecule has 7 heteroatoms. The second-order valence-electron chi connectivity index (χ2n) is 6.74. The third-order valence-corrected chi connectivity index (χ3v) is 7.33. The van der Waals surface area contributed by atoms with Gasteiger partial charge in [-0.15, -0.1) is 0 Å². The standard InChI is InChI=1S/C17H25BrN2O3S/c1-12(2)15-7-5-6-10-20(15)17(21)13-8-9-14(18)16(11-13)24(22,23)19(3)4/h8-9,11-12,15H,5-7,10H2,1-4H3. The molecule has 1 amide bonds. The molecule has 1 atom stereocenters. The molecule has 0 spiro atoms. The molecule has 5 nitrogen and oxygen atoms in total. The molecule has 0 bridgehead atoms. The summed E-state index contributed by atoms with van der Waals surface area (Å²) in [6.07, 6.45) is 3.13. The molecule has 134 valence electrons. The molecule has 1 fully saturated rings. The normalized spacial score (nSPS) is 19.1. The number of benzene rings is 1.